The van der Waals surface area contributed by atoms with Crippen LogP contribution in [-0.2, 0) is 14.3 Å². The van der Waals surface area contributed by atoms with Crippen LogP contribution in [0.4, 0.5) is 0 Å². The van der Waals surface area contributed by atoms with Crippen molar-refractivity contribution in [3.8, 4) is 0 Å². The third-order valence-corrected chi connectivity index (χ3v) is 3.08. The third-order valence-electron chi connectivity index (χ3n) is 3.08. The molecular weight excluding hydrogens is 186 g/mol. The van der Waals surface area contributed by atoms with Crippen LogP contribution in [0.25, 0.3) is 0 Å². The van der Waals surface area contributed by atoms with E-state index < -0.39 is 11.6 Å². The van der Waals surface area contributed by atoms with E-state index >= 15 is 0 Å². The molecule has 1 N–H and O–H groups in total. The van der Waals surface area contributed by atoms with E-state index in [9.17, 15) is 14.7 Å². The summed E-state index contributed by atoms with van der Waals surface area (Å²) in [7, 11) is 1.22. The van der Waals surface area contributed by atoms with Gasteiger partial charge in [0, 0.05) is 6.54 Å². The molecular formula is C9H13NO4. The van der Waals surface area contributed by atoms with E-state index in [2.05, 4.69) is 4.74 Å². The smallest absolute Gasteiger partial charge is 0.340 e. The summed E-state index contributed by atoms with van der Waals surface area (Å²) in [5.74, 6) is -0.847. The molecule has 78 valence electrons. The number of fused-ring (bicyclic) bond motifs is 1. The molecule has 2 atom stereocenters. The van der Waals surface area contributed by atoms with Crippen LogP contribution in [0.15, 0.2) is 0 Å². The van der Waals surface area contributed by atoms with Crippen molar-refractivity contribution in [1.29, 1.82) is 0 Å². The minimum atomic E-state index is -1.61. The van der Waals surface area contributed by atoms with Crippen molar-refractivity contribution in [2.75, 3.05) is 13.7 Å². The second-order valence-electron chi connectivity index (χ2n) is 3.84. The van der Waals surface area contributed by atoms with Crippen molar-refractivity contribution >= 4 is 11.9 Å². The Balaban J connectivity index is 2.29. The Labute approximate surface area is 81.6 Å². The Morgan fingerprint density at radius 2 is 2.43 bits per heavy atom. The maximum absolute atomic E-state index is 11.4. The highest BCUT2D eigenvalue weighted by Crippen LogP contribution is 2.37. The summed E-state index contributed by atoms with van der Waals surface area (Å²) in [4.78, 5) is 24.4. The van der Waals surface area contributed by atoms with E-state index in [1.807, 2.05) is 0 Å². The van der Waals surface area contributed by atoms with E-state index in [0.29, 0.717) is 13.0 Å². The van der Waals surface area contributed by atoms with Crippen molar-refractivity contribution in [3.05, 3.63) is 0 Å². The lowest BCUT2D eigenvalue weighted by atomic mass is 9.93. The summed E-state index contributed by atoms with van der Waals surface area (Å²) >= 11 is 0. The molecule has 2 heterocycles. The molecule has 2 rings (SSSR count). The van der Waals surface area contributed by atoms with Gasteiger partial charge in [-0.15, -0.1) is 0 Å². The van der Waals surface area contributed by atoms with Crippen molar-refractivity contribution in [1.82, 2.24) is 4.90 Å². The number of carbonyl (C=O) groups excluding carboxylic acids is 2. The predicted octanol–water partition coefficient (Wildman–Crippen LogP) is -0.715. The normalized spacial score (nSPS) is 36.0. The van der Waals surface area contributed by atoms with Crippen molar-refractivity contribution < 1.29 is 19.4 Å². The number of hydrogen-bond donors (Lipinski definition) is 1. The maximum atomic E-state index is 11.4. The fourth-order valence-corrected chi connectivity index (χ4v) is 2.40. The van der Waals surface area contributed by atoms with Crippen LogP contribution in [0.5, 0.6) is 0 Å². The van der Waals surface area contributed by atoms with E-state index in [4.69, 9.17) is 0 Å². The van der Waals surface area contributed by atoms with Gasteiger partial charge in [0.15, 0.2) is 5.60 Å². The first-order chi connectivity index (χ1) is 6.59. The van der Waals surface area contributed by atoms with Crippen LogP contribution in [0, 0.1) is 0 Å². The second kappa shape index (κ2) is 2.95. The van der Waals surface area contributed by atoms with Gasteiger partial charge in [0.2, 0.25) is 5.91 Å². The molecule has 2 aliphatic rings. The first kappa shape index (κ1) is 9.45. The highest BCUT2D eigenvalue weighted by molar-refractivity contribution is 5.93. The molecule has 0 aromatic carbocycles. The molecule has 0 radical (unpaired) electrons. The number of amides is 1. The molecule has 0 aromatic heterocycles. The molecule has 0 aromatic rings. The number of aliphatic hydroxyl groups is 1. The van der Waals surface area contributed by atoms with Crippen LogP contribution in [-0.4, -0.2) is 47.2 Å². The number of nitrogens with zero attached hydrogens (tertiary/aromatic N) is 1. The Kier molecular flexibility index (Phi) is 1.99. The lowest BCUT2D eigenvalue weighted by molar-refractivity contribution is -0.164. The van der Waals surface area contributed by atoms with Crippen LogP contribution >= 0.6 is 0 Å². The fourth-order valence-electron chi connectivity index (χ4n) is 2.40. The number of carbonyl (C=O) groups is 2. The second-order valence-corrected chi connectivity index (χ2v) is 3.84. The average molecular weight is 199 g/mol. The highest BCUT2D eigenvalue weighted by Gasteiger charge is 2.57. The number of hydrogen-bond acceptors (Lipinski definition) is 4. The lowest BCUT2D eigenvalue weighted by Crippen LogP contribution is -2.48. The average Bonchev–Trinajstić information content (AvgIpc) is 2.71. The predicted molar refractivity (Wildman–Crippen MR) is 46.3 cm³/mol. The third kappa shape index (κ3) is 1.05. The Hall–Kier alpha value is -1.10. The van der Waals surface area contributed by atoms with Gasteiger partial charge in [0.1, 0.15) is 0 Å². The lowest BCUT2D eigenvalue weighted by Gasteiger charge is -2.25. The quantitative estimate of drug-likeness (QED) is 0.566. The summed E-state index contributed by atoms with van der Waals surface area (Å²) in [5.41, 5.74) is -1.61. The van der Waals surface area contributed by atoms with Gasteiger partial charge in [-0.05, 0) is 12.8 Å². The van der Waals surface area contributed by atoms with E-state index in [1.54, 1.807) is 4.90 Å². The Bertz CT molecular complexity index is 291. The van der Waals surface area contributed by atoms with Crippen LogP contribution in [0.1, 0.15) is 19.3 Å². The number of methoxy groups -OCH3 is 1. The SMILES string of the molecule is COC(=O)[C@]1(O)CC(=O)N2CCC[C@H]21. The van der Waals surface area contributed by atoms with E-state index in [-0.39, 0.29) is 18.4 Å². The van der Waals surface area contributed by atoms with Crippen molar-refractivity contribution in [2.24, 2.45) is 0 Å². The molecule has 2 aliphatic heterocycles. The molecule has 1 amide bonds. The van der Waals surface area contributed by atoms with Gasteiger partial charge in [-0.25, -0.2) is 4.79 Å². The zero-order chi connectivity index (χ0) is 10.3. The summed E-state index contributed by atoms with van der Waals surface area (Å²) in [6, 6.07) is -0.373. The largest absolute Gasteiger partial charge is 0.467 e. The van der Waals surface area contributed by atoms with Crippen LogP contribution in [0.2, 0.25) is 0 Å². The topological polar surface area (TPSA) is 66.8 Å². The molecule has 0 saturated carbocycles. The molecule has 0 bridgehead atoms. The molecule has 2 saturated heterocycles. The molecule has 5 heteroatoms. The molecule has 0 unspecified atom stereocenters. The van der Waals surface area contributed by atoms with Gasteiger partial charge in [-0.1, -0.05) is 0 Å². The Morgan fingerprint density at radius 1 is 1.71 bits per heavy atom. The molecule has 0 spiro atoms. The first-order valence-electron chi connectivity index (χ1n) is 4.70. The van der Waals surface area contributed by atoms with Gasteiger partial charge in [-0.2, -0.15) is 0 Å². The molecule has 2 fully saturated rings. The minimum absolute atomic E-state index is 0.135. The summed E-state index contributed by atoms with van der Waals surface area (Å²) in [6.45, 7) is 0.642. The van der Waals surface area contributed by atoms with Crippen molar-refractivity contribution in [3.63, 3.8) is 0 Å². The van der Waals surface area contributed by atoms with E-state index in [1.165, 1.54) is 7.11 Å². The van der Waals surface area contributed by atoms with Crippen LogP contribution < -0.4 is 0 Å². The zero-order valence-electron chi connectivity index (χ0n) is 8.02. The fraction of sp³-hybridized carbons (Fsp3) is 0.778. The van der Waals surface area contributed by atoms with Gasteiger partial charge in [-0.3, -0.25) is 4.79 Å². The zero-order valence-corrected chi connectivity index (χ0v) is 8.02. The van der Waals surface area contributed by atoms with E-state index in [0.717, 1.165) is 6.42 Å². The monoisotopic (exact) mass is 199 g/mol. The number of rotatable bonds is 1. The molecule has 0 aliphatic carbocycles. The van der Waals surface area contributed by atoms with Crippen molar-refractivity contribution in [2.45, 2.75) is 30.9 Å². The number of ether oxygens (including phenoxy) is 1. The maximum Gasteiger partial charge on any atom is 0.340 e. The summed E-state index contributed by atoms with van der Waals surface area (Å²) in [5, 5.41) is 10.1. The standard InChI is InChI=1S/C9H13NO4/c1-14-8(12)9(13)5-7(11)10-4-2-3-6(9)10/h6,13H,2-5H2,1H3/t6-,9-/m0/s1. The van der Waals surface area contributed by atoms with Gasteiger partial charge in [0.05, 0.1) is 19.6 Å². The number of esters is 1. The van der Waals surface area contributed by atoms with Gasteiger partial charge < -0.3 is 14.7 Å². The highest BCUT2D eigenvalue weighted by atomic mass is 16.5. The van der Waals surface area contributed by atoms with Gasteiger partial charge in [0.25, 0.3) is 0 Å². The molecule has 5 nitrogen and oxygen atoms in total. The summed E-state index contributed by atoms with van der Waals surface area (Å²) < 4.78 is 4.53. The summed E-state index contributed by atoms with van der Waals surface area (Å²) in [6.07, 6.45) is 1.39. The molecule has 14 heavy (non-hydrogen) atoms. The Morgan fingerprint density at radius 3 is 3.07 bits per heavy atom. The van der Waals surface area contributed by atoms with Gasteiger partial charge >= 0.3 is 5.97 Å². The first-order valence-corrected chi connectivity index (χ1v) is 4.70. The minimum Gasteiger partial charge on any atom is -0.467 e. The van der Waals surface area contributed by atoms with Crippen LogP contribution in [0.3, 0.4) is 0 Å².